The molecule has 1 atom stereocenters. The van der Waals surface area contributed by atoms with Crippen LogP contribution in [0.4, 0.5) is 0 Å². The minimum absolute atomic E-state index is 0.0686. The van der Waals surface area contributed by atoms with Crippen LogP contribution in [0.5, 0.6) is 5.75 Å². The number of carbonyl (C=O) groups is 2. The number of benzene rings is 1. The van der Waals surface area contributed by atoms with Gasteiger partial charge in [0.25, 0.3) is 0 Å². The second-order valence-electron chi connectivity index (χ2n) is 6.88. The van der Waals surface area contributed by atoms with Gasteiger partial charge in [0, 0.05) is 25.7 Å². The Labute approximate surface area is 149 Å². The van der Waals surface area contributed by atoms with E-state index in [1.165, 1.54) is 0 Å². The van der Waals surface area contributed by atoms with Crippen LogP contribution in [0.3, 0.4) is 0 Å². The zero-order chi connectivity index (χ0) is 18.6. The number of ether oxygens (including phenoxy) is 1. The molecule has 6 heteroatoms. The summed E-state index contributed by atoms with van der Waals surface area (Å²) in [4.78, 5) is 26.5. The van der Waals surface area contributed by atoms with Crippen molar-refractivity contribution in [3.05, 3.63) is 28.8 Å². The maximum atomic E-state index is 12.3. The third kappa shape index (κ3) is 4.72. The molecule has 1 heterocycles. The van der Waals surface area contributed by atoms with Gasteiger partial charge in [-0.25, -0.2) is 0 Å². The van der Waals surface area contributed by atoms with E-state index in [1.807, 2.05) is 32.9 Å². The Morgan fingerprint density at radius 1 is 1.36 bits per heavy atom. The summed E-state index contributed by atoms with van der Waals surface area (Å²) >= 11 is 0. The van der Waals surface area contributed by atoms with E-state index < -0.39 is 6.04 Å². The molecule has 2 rings (SSSR count). The lowest BCUT2D eigenvalue weighted by molar-refractivity contribution is -0.134. The van der Waals surface area contributed by atoms with E-state index in [2.05, 4.69) is 22.5 Å². The summed E-state index contributed by atoms with van der Waals surface area (Å²) in [5.41, 5.74) is 3.42. The lowest BCUT2D eigenvalue weighted by Gasteiger charge is -2.35. The van der Waals surface area contributed by atoms with Crippen LogP contribution in [-0.2, 0) is 16.1 Å². The molecule has 0 aliphatic carbocycles. The van der Waals surface area contributed by atoms with Gasteiger partial charge >= 0.3 is 0 Å². The summed E-state index contributed by atoms with van der Waals surface area (Å²) in [6.07, 6.45) is 0.179. The summed E-state index contributed by atoms with van der Waals surface area (Å²) in [6.45, 7) is 9.92. The van der Waals surface area contributed by atoms with Crippen LogP contribution in [0, 0.1) is 13.8 Å². The van der Waals surface area contributed by atoms with Crippen LogP contribution in [0.15, 0.2) is 12.1 Å². The monoisotopic (exact) mass is 347 g/mol. The topological polar surface area (TPSA) is 70.7 Å². The summed E-state index contributed by atoms with van der Waals surface area (Å²) in [7, 11) is 1.67. The molecular weight excluding hydrogens is 318 g/mol. The molecule has 0 bridgehead atoms. The quantitative estimate of drug-likeness (QED) is 0.819. The third-order valence-corrected chi connectivity index (χ3v) is 4.71. The van der Waals surface area contributed by atoms with Crippen LogP contribution in [0.1, 0.15) is 37.0 Å². The van der Waals surface area contributed by atoms with Crippen molar-refractivity contribution >= 4 is 11.8 Å². The smallest absolute Gasteiger partial charge is 0.237 e. The molecular formula is C19H29N3O3. The fraction of sp³-hybridized carbons (Fsp3) is 0.579. The van der Waals surface area contributed by atoms with Gasteiger partial charge in [-0.2, -0.15) is 0 Å². The SMILES string of the molecule is COc1ccc(CN2CCNC(=O)[C@H]2CC(=O)NC(C)C)c(C)c1C. The van der Waals surface area contributed by atoms with Gasteiger partial charge in [-0.15, -0.1) is 0 Å². The van der Waals surface area contributed by atoms with E-state index in [1.54, 1.807) is 7.11 Å². The van der Waals surface area contributed by atoms with Crippen LogP contribution in [0.25, 0.3) is 0 Å². The number of piperazine rings is 1. The van der Waals surface area contributed by atoms with Crippen LogP contribution < -0.4 is 15.4 Å². The minimum Gasteiger partial charge on any atom is -0.496 e. The first-order valence-corrected chi connectivity index (χ1v) is 8.77. The Hall–Kier alpha value is -2.08. The summed E-state index contributed by atoms with van der Waals surface area (Å²) < 4.78 is 5.37. The van der Waals surface area contributed by atoms with Crippen molar-refractivity contribution in [3.63, 3.8) is 0 Å². The number of nitrogens with one attached hydrogen (secondary N) is 2. The Balaban J connectivity index is 2.16. The molecule has 25 heavy (non-hydrogen) atoms. The molecule has 0 aromatic heterocycles. The minimum atomic E-state index is -0.436. The number of hydrogen-bond donors (Lipinski definition) is 2. The lowest BCUT2D eigenvalue weighted by atomic mass is 10.00. The average molecular weight is 347 g/mol. The summed E-state index contributed by atoms with van der Waals surface area (Å²) in [5, 5.41) is 5.74. The second kappa shape index (κ2) is 8.34. The first-order valence-electron chi connectivity index (χ1n) is 8.77. The zero-order valence-electron chi connectivity index (χ0n) is 15.8. The van der Waals surface area contributed by atoms with Gasteiger partial charge in [-0.1, -0.05) is 6.07 Å². The highest BCUT2D eigenvalue weighted by Gasteiger charge is 2.32. The highest BCUT2D eigenvalue weighted by Crippen LogP contribution is 2.25. The molecule has 1 aromatic rings. The Morgan fingerprint density at radius 3 is 2.72 bits per heavy atom. The van der Waals surface area contributed by atoms with Crippen molar-refractivity contribution in [1.82, 2.24) is 15.5 Å². The van der Waals surface area contributed by atoms with Gasteiger partial charge < -0.3 is 15.4 Å². The molecule has 1 aliphatic rings. The van der Waals surface area contributed by atoms with Crippen molar-refractivity contribution < 1.29 is 14.3 Å². The molecule has 6 nitrogen and oxygen atoms in total. The Bertz CT molecular complexity index is 643. The van der Waals surface area contributed by atoms with E-state index in [9.17, 15) is 9.59 Å². The van der Waals surface area contributed by atoms with Crippen LogP contribution in [-0.4, -0.2) is 49.0 Å². The number of hydrogen-bond acceptors (Lipinski definition) is 4. The van der Waals surface area contributed by atoms with E-state index in [0.29, 0.717) is 13.1 Å². The maximum absolute atomic E-state index is 12.3. The van der Waals surface area contributed by atoms with Crippen LogP contribution in [0.2, 0.25) is 0 Å². The third-order valence-electron chi connectivity index (χ3n) is 4.71. The molecule has 0 spiro atoms. The average Bonchev–Trinajstić information content (AvgIpc) is 2.54. The predicted molar refractivity (Wildman–Crippen MR) is 97.6 cm³/mol. The molecule has 0 unspecified atom stereocenters. The first-order chi connectivity index (χ1) is 11.8. The zero-order valence-corrected chi connectivity index (χ0v) is 15.8. The number of rotatable bonds is 6. The number of carbonyl (C=O) groups excluding carboxylic acids is 2. The van der Waals surface area contributed by atoms with E-state index in [4.69, 9.17) is 4.74 Å². The largest absolute Gasteiger partial charge is 0.496 e. The normalized spacial score (nSPS) is 18.2. The van der Waals surface area contributed by atoms with E-state index >= 15 is 0 Å². The fourth-order valence-corrected chi connectivity index (χ4v) is 3.19. The van der Waals surface area contributed by atoms with Crippen molar-refractivity contribution in [3.8, 4) is 5.75 Å². The maximum Gasteiger partial charge on any atom is 0.237 e. The number of methoxy groups -OCH3 is 1. The highest BCUT2D eigenvalue weighted by molar-refractivity contribution is 5.88. The van der Waals surface area contributed by atoms with Crippen molar-refractivity contribution in [1.29, 1.82) is 0 Å². The first kappa shape index (κ1) is 19.2. The van der Waals surface area contributed by atoms with Gasteiger partial charge in [-0.05, 0) is 50.5 Å². The standard InChI is InChI=1S/C19H29N3O3/c1-12(2)21-18(23)10-16-19(24)20-8-9-22(16)11-15-6-7-17(25-5)14(4)13(15)3/h6-7,12,16H,8-11H2,1-5H3,(H,20,24)(H,21,23)/t16-/m1/s1. The molecule has 1 aliphatic heterocycles. The Kier molecular flexibility index (Phi) is 6.42. The second-order valence-corrected chi connectivity index (χ2v) is 6.88. The lowest BCUT2D eigenvalue weighted by Crippen LogP contribution is -2.56. The van der Waals surface area contributed by atoms with Gasteiger partial charge in [0.2, 0.25) is 11.8 Å². The fourth-order valence-electron chi connectivity index (χ4n) is 3.19. The van der Waals surface area contributed by atoms with Crippen molar-refractivity contribution in [2.45, 2.75) is 52.7 Å². The summed E-state index contributed by atoms with van der Waals surface area (Å²) in [6, 6.07) is 3.63. The molecule has 138 valence electrons. The van der Waals surface area contributed by atoms with Crippen molar-refractivity contribution in [2.24, 2.45) is 0 Å². The summed E-state index contributed by atoms with van der Waals surface area (Å²) in [5.74, 6) is 0.697. The number of nitrogens with zero attached hydrogens (tertiary/aromatic N) is 1. The van der Waals surface area contributed by atoms with Crippen LogP contribution >= 0.6 is 0 Å². The highest BCUT2D eigenvalue weighted by atomic mass is 16.5. The molecule has 0 saturated carbocycles. The van der Waals surface area contributed by atoms with Gasteiger partial charge in [0.05, 0.1) is 19.6 Å². The van der Waals surface area contributed by atoms with Gasteiger partial charge in [0.1, 0.15) is 5.75 Å². The molecule has 1 aromatic carbocycles. The van der Waals surface area contributed by atoms with Gasteiger partial charge in [0.15, 0.2) is 0 Å². The van der Waals surface area contributed by atoms with E-state index in [-0.39, 0.29) is 24.3 Å². The van der Waals surface area contributed by atoms with Gasteiger partial charge in [-0.3, -0.25) is 14.5 Å². The molecule has 0 radical (unpaired) electrons. The predicted octanol–water partition coefficient (Wildman–Crippen LogP) is 1.53. The molecule has 1 fully saturated rings. The van der Waals surface area contributed by atoms with Crippen molar-refractivity contribution in [2.75, 3.05) is 20.2 Å². The molecule has 2 N–H and O–H groups in total. The molecule has 2 amide bonds. The van der Waals surface area contributed by atoms with E-state index in [0.717, 1.165) is 29.0 Å². The number of amides is 2. The Morgan fingerprint density at radius 2 is 2.08 bits per heavy atom. The molecule has 1 saturated heterocycles.